The van der Waals surface area contributed by atoms with Crippen molar-refractivity contribution in [2.75, 3.05) is 0 Å². The highest BCUT2D eigenvalue weighted by Gasteiger charge is 2.19. The van der Waals surface area contributed by atoms with Gasteiger partial charge in [0.15, 0.2) is 0 Å². The summed E-state index contributed by atoms with van der Waals surface area (Å²) in [5.74, 6) is 0.527. The normalized spacial score (nSPS) is 12.1. The first-order valence-corrected chi connectivity index (χ1v) is 5.99. The van der Waals surface area contributed by atoms with Gasteiger partial charge >= 0.3 is 0 Å². The molecule has 0 saturated heterocycles. The van der Waals surface area contributed by atoms with Gasteiger partial charge in [-0.2, -0.15) is 0 Å². The Morgan fingerprint density at radius 3 is 2.50 bits per heavy atom. The topological polar surface area (TPSA) is 69.2 Å². The van der Waals surface area contributed by atoms with E-state index in [1.54, 1.807) is 6.07 Å². The second kappa shape index (κ2) is 7.56. The van der Waals surface area contributed by atoms with Crippen molar-refractivity contribution in [2.45, 2.75) is 32.7 Å². The minimum Gasteiger partial charge on any atom is -0.324 e. The highest BCUT2D eigenvalue weighted by molar-refractivity contribution is 6.30. The van der Waals surface area contributed by atoms with Crippen LogP contribution in [-0.2, 0) is 0 Å². The van der Waals surface area contributed by atoms with E-state index in [-0.39, 0.29) is 24.1 Å². The molecule has 6 heteroatoms. The quantitative estimate of drug-likeness (QED) is 0.656. The highest BCUT2D eigenvalue weighted by Crippen LogP contribution is 2.29. The van der Waals surface area contributed by atoms with Crippen LogP contribution < -0.4 is 5.73 Å². The Bertz CT molecular complexity index is 411. The number of hydrogen-bond acceptors (Lipinski definition) is 3. The minimum atomic E-state index is -0.416. The van der Waals surface area contributed by atoms with Crippen LogP contribution in [0.2, 0.25) is 5.02 Å². The summed E-state index contributed by atoms with van der Waals surface area (Å²) in [4.78, 5) is 10.5. The second-order valence-electron chi connectivity index (χ2n) is 4.54. The van der Waals surface area contributed by atoms with Gasteiger partial charge in [0.1, 0.15) is 0 Å². The third-order valence-electron chi connectivity index (χ3n) is 2.64. The maximum atomic E-state index is 10.9. The SMILES string of the molecule is CC(C)CC[C@@H](N)c1cc(Cl)ccc1[N+](=O)[O-].Cl. The predicted molar refractivity (Wildman–Crippen MR) is 76.4 cm³/mol. The molecule has 18 heavy (non-hydrogen) atoms. The van der Waals surface area contributed by atoms with Crippen LogP contribution in [0.5, 0.6) is 0 Å². The van der Waals surface area contributed by atoms with Gasteiger partial charge in [-0.25, -0.2) is 0 Å². The van der Waals surface area contributed by atoms with Crippen molar-refractivity contribution in [3.8, 4) is 0 Å². The molecule has 0 amide bonds. The summed E-state index contributed by atoms with van der Waals surface area (Å²) in [6.45, 7) is 4.19. The molecule has 1 aromatic carbocycles. The third kappa shape index (κ3) is 4.80. The Morgan fingerprint density at radius 1 is 1.39 bits per heavy atom. The van der Waals surface area contributed by atoms with E-state index in [0.29, 0.717) is 16.5 Å². The number of halogens is 2. The molecule has 102 valence electrons. The van der Waals surface area contributed by atoms with Crippen LogP contribution in [0.1, 0.15) is 38.3 Å². The minimum absolute atomic E-state index is 0. The first kappa shape index (κ1) is 17.2. The molecule has 0 saturated carbocycles. The lowest BCUT2D eigenvalue weighted by molar-refractivity contribution is -0.385. The molecular weight excluding hydrogens is 275 g/mol. The lowest BCUT2D eigenvalue weighted by Gasteiger charge is -2.13. The van der Waals surface area contributed by atoms with Crippen LogP contribution in [0.15, 0.2) is 18.2 Å². The monoisotopic (exact) mass is 292 g/mol. The average Bonchev–Trinajstić information content (AvgIpc) is 2.25. The highest BCUT2D eigenvalue weighted by atomic mass is 35.5. The molecule has 0 fully saturated rings. The lowest BCUT2D eigenvalue weighted by atomic mass is 9.97. The largest absolute Gasteiger partial charge is 0.324 e. The van der Waals surface area contributed by atoms with E-state index < -0.39 is 4.92 Å². The summed E-state index contributed by atoms with van der Waals surface area (Å²) < 4.78 is 0. The third-order valence-corrected chi connectivity index (χ3v) is 2.88. The van der Waals surface area contributed by atoms with Crippen LogP contribution in [0.25, 0.3) is 0 Å². The van der Waals surface area contributed by atoms with Crippen molar-refractivity contribution in [1.29, 1.82) is 0 Å². The summed E-state index contributed by atoms with van der Waals surface area (Å²) in [5.41, 5.74) is 6.55. The molecule has 0 heterocycles. The van der Waals surface area contributed by atoms with Gasteiger partial charge in [-0.05, 0) is 30.9 Å². The zero-order chi connectivity index (χ0) is 13.0. The zero-order valence-corrected chi connectivity index (χ0v) is 12.0. The van der Waals surface area contributed by atoms with E-state index in [1.807, 2.05) is 0 Å². The lowest BCUT2D eigenvalue weighted by Crippen LogP contribution is -2.13. The predicted octanol–water partition coefficient (Wildman–Crippen LogP) is 4.11. The number of nitrogens with zero attached hydrogens (tertiary/aromatic N) is 1. The van der Waals surface area contributed by atoms with E-state index in [2.05, 4.69) is 13.8 Å². The molecule has 0 radical (unpaired) electrons. The number of nitrogens with two attached hydrogens (primary N) is 1. The summed E-state index contributed by atoms with van der Waals surface area (Å²) in [5, 5.41) is 11.4. The number of hydrogen-bond donors (Lipinski definition) is 1. The van der Waals surface area contributed by atoms with Crippen LogP contribution >= 0.6 is 24.0 Å². The van der Waals surface area contributed by atoms with Gasteiger partial charge in [0, 0.05) is 22.7 Å². The number of nitro groups is 1. The molecule has 0 bridgehead atoms. The van der Waals surface area contributed by atoms with E-state index in [0.717, 1.165) is 12.8 Å². The molecule has 0 unspecified atom stereocenters. The summed E-state index contributed by atoms with van der Waals surface area (Å²) in [6.07, 6.45) is 1.66. The van der Waals surface area contributed by atoms with E-state index in [1.165, 1.54) is 12.1 Å². The van der Waals surface area contributed by atoms with Crippen molar-refractivity contribution in [2.24, 2.45) is 11.7 Å². The Hall–Kier alpha value is -0.840. The summed E-state index contributed by atoms with van der Waals surface area (Å²) in [6, 6.07) is 4.17. The van der Waals surface area contributed by atoms with Gasteiger partial charge in [0.2, 0.25) is 0 Å². The molecule has 0 aliphatic carbocycles. The van der Waals surface area contributed by atoms with Gasteiger partial charge in [-0.1, -0.05) is 25.4 Å². The fourth-order valence-electron chi connectivity index (χ4n) is 1.66. The van der Waals surface area contributed by atoms with Gasteiger partial charge in [0.25, 0.3) is 5.69 Å². The van der Waals surface area contributed by atoms with E-state index >= 15 is 0 Å². The van der Waals surface area contributed by atoms with Gasteiger partial charge in [0.05, 0.1) is 4.92 Å². The van der Waals surface area contributed by atoms with Gasteiger partial charge < -0.3 is 5.73 Å². The maximum Gasteiger partial charge on any atom is 0.274 e. The van der Waals surface area contributed by atoms with Crippen LogP contribution in [-0.4, -0.2) is 4.92 Å². The Morgan fingerprint density at radius 2 is 2.00 bits per heavy atom. The zero-order valence-electron chi connectivity index (χ0n) is 10.4. The smallest absolute Gasteiger partial charge is 0.274 e. The van der Waals surface area contributed by atoms with E-state index in [9.17, 15) is 10.1 Å². The molecule has 0 aliphatic heterocycles. The molecule has 1 atom stereocenters. The van der Waals surface area contributed by atoms with Crippen LogP contribution in [0.4, 0.5) is 5.69 Å². The Kier molecular flexibility index (Phi) is 7.21. The standard InChI is InChI=1S/C12H17ClN2O2.ClH/c1-8(2)3-5-11(14)10-7-9(13)4-6-12(10)15(16)17;/h4,6-8,11H,3,5,14H2,1-2H3;1H/t11-;/m1./s1. The molecule has 1 rings (SSSR count). The first-order valence-electron chi connectivity index (χ1n) is 5.61. The maximum absolute atomic E-state index is 10.9. The molecule has 2 N–H and O–H groups in total. The fourth-order valence-corrected chi connectivity index (χ4v) is 1.84. The molecule has 0 spiro atoms. The van der Waals surface area contributed by atoms with Crippen molar-refractivity contribution in [1.82, 2.24) is 0 Å². The average molecular weight is 293 g/mol. The van der Waals surface area contributed by atoms with Crippen molar-refractivity contribution < 1.29 is 4.92 Å². The summed E-state index contributed by atoms with van der Waals surface area (Å²) in [7, 11) is 0. The Labute approximate surface area is 118 Å². The first-order chi connectivity index (χ1) is 7.91. The summed E-state index contributed by atoms with van der Waals surface area (Å²) >= 11 is 5.85. The van der Waals surface area contributed by atoms with Crippen molar-refractivity contribution >= 4 is 29.7 Å². The molecule has 0 aliphatic rings. The van der Waals surface area contributed by atoms with Crippen LogP contribution in [0, 0.1) is 16.0 Å². The van der Waals surface area contributed by atoms with Gasteiger partial charge in [-0.3, -0.25) is 10.1 Å². The number of benzene rings is 1. The van der Waals surface area contributed by atoms with Gasteiger partial charge in [-0.15, -0.1) is 12.4 Å². The number of rotatable bonds is 5. The Balaban J connectivity index is 0.00000289. The van der Waals surface area contributed by atoms with E-state index in [4.69, 9.17) is 17.3 Å². The second-order valence-corrected chi connectivity index (χ2v) is 4.97. The van der Waals surface area contributed by atoms with Crippen LogP contribution in [0.3, 0.4) is 0 Å². The molecule has 1 aromatic rings. The number of nitro benzene ring substituents is 1. The molecule has 4 nitrogen and oxygen atoms in total. The van der Waals surface area contributed by atoms with Crippen molar-refractivity contribution in [3.63, 3.8) is 0 Å². The van der Waals surface area contributed by atoms with Crippen molar-refractivity contribution in [3.05, 3.63) is 38.9 Å². The molecule has 0 aromatic heterocycles. The fraction of sp³-hybridized carbons (Fsp3) is 0.500. The molecular formula is C12H18Cl2N2O2.